The van der Waals surface area contributed by atoms with Crippen LogP contribution in [0, 0.1) is 13.8 Å². The number of esters is 1. The molecule has 0 unspecified atom stereocenters. The summed E-state index contributed by atoms with van der Waals surface area (Å²) in [5.74, 6) is 0.271. The Hall–Kier alpha value is -3.37. The van der Waals surface area contributed by atoms with E-state index in [1.807, 2.05) is 19.1 Å². The molecule has 1 aliphatic rings. The van der Waals surface area contributed by atoms with E-state index < -0.39 is 5.97 Å². The van der Waals surface area contributed by atoms with Gasteiger partial charge in [-0.15, -0.1) is 0 Å². The van der Waals surface area contributed by atoms with Crippen molar-refractivity contribution in [3.63, 3.8) is 0 Å². The number of halogens is 1. The van der Waals surface area contributed by atoms with Gasteiger partial charge < -0.3 is 9.47 Å². The number of hydrogen-bond acceptors (Lipinski definition) is 4. The molecule has 3 aromatic carbocycles. The van der Waals surface area contributed by atoms with Crippen LogP contribution < -0.4 is 9.47 Å². The minimum atomic E-state index is -0.462. The largest absolute Gasteiger partial charge is 0.452 e. The second-order valence-corrected chi connectivity index (χ2v) is 7.26. The summed E-state index contributed by atoms with van der Waals surface area (Å²) in [5.41, 5.74) is 3.22. The summed E-state index contributed by atoms with van der Waals surface area (Å²) in [6.45, 7) is 3.66. The van der Waals surface area contributed by atoms with Crippen LogP contribution in [0.3, 0.4) is 0 Å². The normalized spacial score (nSPS) is 13.9. The van der Waals surface area contributed by atoms with E-state index in [4.69, 9.17) is 21.1 Å². The minimum absolute atomic E-state index is 0.201. The summed E-state index contributed by atoms with van der Waals surface area (Å²) in [6.07, 6.45) is 1.64. The Morgan fingerprint density at radius 2 is 1.83 bits per heavy atom. The number of carbonyl (C=O) groups is 2. The zero-order chi connectivity index (χ0) is 20.5. The molecule has 0 saturated carbocycles. The number of rotatable bonds is 3. The van der Waals surface area contributed by atoms with Gasteiger partial charge >= 0.3 is 5.97 Å². The quantitative estimate of drug-likeness (QED) is 0.315. The maximum absolute atomic E-state index is 12.7. The highest BCUT2D eigenvalue weighted by molar-refractivity contribution is 6.30. The highest BCUT2D eigenvalue weighted by Gasteiger charge is 2.30. The van der Waals surface area contributed by atoms with Crippen LogP contribution in [-0.4, -0.2) is 11.8 Å². The van der Waals surface area contributed by atoms with Crippen molar-refractivity contribution in [2.45, 2.75) is 13.8 Å². The maximum atomic E-state index is 12.7. The predicted octanol–water partition coefficient (Wildman–Crippen LogP) is 5.79. The zero-order valence-corrected chi connectivity index (χ0v) is 16.6. The summed E-state index contributed by atoms with van der Waals surface area (Å²) in [4.78, 5) is 25.2. The van der Waals surface area contributed by atoms with E-state index in [9.17, 15) is 9.59 Å². The molecule has 3 aromatic rings. The molecule has 0 saturated heterocycles. The summed E-state index contributed by atoms with van der Waals surface area (Å²) in [6, 6.07) is 17.5. The number of Topliss-reactive ketones (excluding diaryl/α,β-unsaturated/α-hetero) is 1. The molecule has 1 aliphatic heterocycles. The fourth-order valence-electron chi connectivity index (χ4n) is 3.16. The molecule has 29 heavy (non-hydrogen) atoms. The molecule has 0 radical (unpaired) electrons. The number of ketones is 1. The first-order chi connectivity index (χ1) is 13.9. The van der Waals surface area contributed by atoms with Crippen LogP contribution in [0.1, 0.15) is 37.4 Å². The average molecular weight is 405 g/mol. The third-order valence-corrected chi connectivity index (χ3v) is 4.87. The molecular formula is C24H17ClO4. The van der Waals surface area contributed by atoms with Gasteiger partial charge in [-0.1, -0.05) is 41.4 Å². The zero-order valence-electron chi connectivity index (χ0n) is 15.9. The molecule has 4 nitrogen and oxygen atoms in total. The van der Waals surface area contributed by atoms with Crippen molar-refractivity contribution >= 4 is 29.4 Å². The Labute approximate surface area is 173 Å². The van der Waals surface area contributed by atoms with Crippen LogP contribution in [0.15, 0.2) is 66.4 Å². The van der Waals surface area contributed by atoms with Gasteiger partial charge in [0.15, 0.2) is 5.76 Å². The SMILES string of the molecule is Cc1cccc(C(=O)Oc2ccc3c(c2C)O/C(=C\c2cccc(Cl)c2)C3=O)c1. The lowest BCUT2D eigenvalue weighted by molar-refractivity contribution is 0.0733. The second kappa shape index (κ2) is 7.57. The first-order valence-corrected chi connectivity index (χ1v) is 9.42. The van der Waals surface area contributed by atoms with Gasteiger partial charge in [0.25, 0.3) is 0 Å². The number of carbonyl (C=O) groups excluding carboxylic acids is 2. The molecular weight excluding hydrogens is 388 g/mol. The lowest BCUT2D eigenvalue weighted by Gasteiger charge is -2.10. The van der Waals surface area contributed by atoms with Gasteiger partial charge in [0, 0.05) is 10.6 Å². The molecule has 0 aromatic heterocycles. The molecule has 0 fully saturated rings. The summed E-state index contributed by atoms with van der Waals surface area (Å²) >= 11 is 6.01. The fourth-order valence-corrected chi connectivity index (χ4v) is 3.36. The third kappa shape index (κ3) is 3.80. The number of ether oxygens (including phenoxy) is 2. The smallest absolute Gasteiger partial charge is 0.343 e. The molecule has 0 amide bonds. The van der Waals surface area contributed by atoms with Crippen molar-refractivity contribution in [3.05, 3.63) is 99.3 Å². The van der Waals surface area contributed by atoms with Gasteiger partial charge in [0.1, 0.15) is 11.5 Å². The molecule has 144 valence electrons. The molecule has 1 heterocycles. The topological polar surface area (TPSA) is 52.6 Å². The van der Waals surface area contributed by atoms with Crippen molar-refractivity contribution < 1.29 is 19.1 Å². The molecule has 0 spiro atoms. The van der Waals surface area contributed by atoms with E-state index >= 15 is 0 Å². The number of aryl methyl sites for hydroxylation is 1. The Morgan fingerprint density at radius 1 is 1.03 bits per heavy atom. The van der Waals surface area contributed by atoms with Crippen LogP contribution in [0.2, 0.25) is 5.02 Å². The van der Waals surface area contributed by atoms with E-state index in [2.05, 4.69) is 0 Å². The van der Waals surface area contributed by atoms with Gasteiger partial charge in [0.2, 0.25) is 5.78 Å². The number of hydrogen-bond donors (Lipinski definition) is 0. The van der Waals surface area contributed by atoms with E-state index in [-0.39, 0.29) is 11.5 Å². The first kappa shape index (κ1) is 19.0. The molecule has 4 rings (SSSR count). The summed E-state index contributed by atoms with van der Waals surface area (Å²) in [5, 5.41) is 0.573. The minimum Gasteiger partial charge on any atom is -0.452 e. The van der Waals surface area contributed by atoms with Gasteiger partial charge in [-0.3, -0.25) is 4.79 Å². The van der Waals surface area contributed by atoms with Crippen molar-refractivity contribution in [2.24, 2.45) is 0 Å². The van der Waals surface area contributed by atoms with E-state index in [0.29, 0.717) is 33.2 Å². The number of benzene rings is 3. The summed E-state index contributed by atoms with van der Waals surface area (Å²) in [7, 11) is 0. The van der Waals surface area contributed by atoms with Crippen LogP contribution in [0.4, 0.5) is 0 Å². The van der Waals surface area contributed by atoms with Crippen molar-refractivity contribution in [1.82, 2.24) is 0 Å². The molecule has 0 bridgehead atoms. The highest BCUT2D eigenvalue weighted by Crippen LogP contribution is 2.39. The maximum Gasteiger partial charge on any atom is 0.343 e. The molecule has 0 atom stereocenters. The standard InChI is InChI=1S/C24H17ClO4/c1-14-5-3-7-17(11-14)24(27)29-20-10-9-19-22(26)21(28-23(19)15(20)2)13-16-6-4-8-18(25)12-16/h3-13H,1-2H3/b21-13-. The predicted molar refractivity (Wildman–Crippen MR) is 112 cm³/mol. The second-order valence-electron chi connectivity index (χ2n) is 6.82. The first-order valence-electron chi connectivity index (χ1n) is 9.04. The van der Waals surface area contributed by atoms with E-state index in [1.54, 1.807) is 61.5 Å². The Bertz CT molecular complexity index is 1180. The van der Waals surface area contributed by atoms with Crippen LogP contribution >= 0.6 is 11.6 Å². The highest BCUT2D eigenvalue weighted by atomic mass is 35.5. The Balaban J connectivity index is 1.62. The van der Waals surface area contributed by atoms with Gasteiger partial charge in [-0.2, -0.15) is 0 Å². The van der Waals surface area contributed by atoms with Gasteiger partial charge in [-0.05, 0) is 61.9 Å². The van der Waals surface area contributed by atoms with Crippen molar-refractivity contribution in [1.29, 1.82) is 0 Å². The average Bonchev–Trinajstić information content (AvgIpc) is 3.00. The van der Waals surface area contributed by atoms with Gasteiger partial charge in [0.05, 0.1) is 11.1 Å². The Kier molecular flexibility index (Phi) is 4.95. The van der Waals surface area contributed by atoms with E-state index in [0.717, 1.165) is 11.1 Å². The third-order valence-electron chi connectivity index (χ3n) is 4.64. The number of fused-ring (bicyclic) bond motifs is 1. The molecule has 0 aliphatic carbocycles. The lowest BCUT2D eigenvalue weighted by Crippen LogP contribution is -2.09. The van der Waals surface area contributed by atoms with E-state index in [1.165, 1.54) is 0 Å². The van der Waals surface area contributed by atoms with Crippen molar-refractivity contribution in [3.8, 4) is 11.5 Å². The van der Waals surface area contributed by atoms with Crippen LogP contribution in [0.5, 0.6) is 11.5 Å². The Morgan fingerprint density at radius 3 is 2.59 bits per heavy atom. The number of allylic oxidation sites excluding steroid dienone is 1. The van der Waals surface area contributed by atoms with Crippen molar-refractivity contribution in [2.75, 3.05) is 0 Å². The van der Waals surface area contributed by atoms with Crippen LogP contribution in [-0.2, 0) is 0 Å². The fraction of sp³-hybridized carbons (Fsp3) is 0.0833. The monoisotopic (exact) mass is 404 g/mol. The lowest BCUT2D eigenvalue weighted by atomic mass is 10.1. The van der Waals surface area contributed by atoms with Gasteiger partial charge in [-0.25, -0.2) is 4.79 Å². The van der Waals surface area contributed by atoms with Crippen LogP contribution in [0.25, 0.3) is 6.08 Å². The summed E-state index contributed by atoms with van der Waals surface area (Å²) < 4.78 is 11.4. The molecule has 5 heteroatoms. The molecule has 0 N–H and O–H groups in total.